The molecule has 8 heteroatoms. The van der Waals surface area contributed by atoms with Crippen LogP contribution in [0.25, 0.3) is 0 Å². The molecule has 0 fully saturated rings. The van der Waals surface area contributed by atoms with Gasteiger partial charge in [-0.1, -0.05) is 6.92 Å². The Balaban J connectivity index is 3.35. The number of nitro benzene ring substituents is 1. The summed E-state index contributed by atoms with van der Waals surface area (Å²) in [6.45, 7) is 1.74. The Hall–Kier alpha value is -1.31. The van der Waals surface area contributed by atoms with Gasteiger partial charge in [0.05, 0.1) is 21.4 Å². The Kier molecular flexibility index (Phi) is 4.55. The zero-order valence-electron chi connectivity index (χ0n) is 9.25. The number of hydrogen-bond donors (Lipinski definition) is 0. The number of rotatable bonds is 4. The van der Waals surface area contributed by atoms with Gasteiger partial charge in [0, 0.05) is 6.07 Å². The molecule has 0 heterocycles. The zero-order chi connectivity index (χ0) is 13.9. The van der Waals surface area contributed by atoms with Gasteiger partial charge < -0.3 is 0 Å². The minimum atomic E-state index is -4.82. The summed E-state index contributed by atoms with van der Waals surface area (Å²) in [5, 5.41) is 10.4. The molecule has 100 valence electrons. The van der Waals surface area contributed by atoms with E-state index in [1.165, 1.54) is 0 Å². The fourth-order valence-corrected chi connectivity index (χ4v) is 2.18. The van der Waals surface area contributed by atoms with Gasteiger partial charge in [0.1, 0.15) is 5.82 Å². The van der Waals surface area contributed by atoms with Gasteiger partial charge in [0.25, 0.3) is 5.69 Å². The van der Waals surface area contributed by atoms with Gasteiger partial charge >= 0.3 is 6.18 Å². The minimum absolute atomic E-state index is 0.303. The van der Waals surface area contributed by atoms with Gasteiger partial charge in [-0.3, -0.25) is 10.1 Å². The molecule has 0 N–H and O–H groups in total. The maximum atomic E-state index is 13.5. The third-order valence-corrected chi connectivity index (χ3v) is 3.31. The summed E-state index contributed by atoms with van der Waals surface area (Å²) in [5.74, 6) is -0.910. The van der Waals surface area contributed by atoms with Crippen molar-refractivity contribution in [2.75, 3.05) is 5.75 Å². The SMILES string of the molecule is CCCSc1c(F)cc([N+](=O)[O-])cc1C(F)(F)F. The van der Waals surface area contributed by atoms with E-state index in [0.29, 0.717) is 36.1 Å². The van der Waals surface area contributed by atoms with Crippen LogP contribution in [-0.4, -0.2) is 10.7 Å². The molecule has 0 spiro atoms. The van der Waals surface area contributed by atoms with Crippen molar-refractivity contribution in [1.29, 1.82) is 0 Å². The van der Waals surface area contributed by atoms with Crippen molar-refractivity contribution in [3.05, 3.63) is 33.6 Å². The lowest BCUT2D eigenvalue weighted by atomic mass is 10.2. The number of nitrogens with zero attached hydrogens (tertiary/aromatic N) is 1. The van der Waals surface area contributed by atoms with E-state index in [2.05, 4.69) is 0 Å². The van der Waals surface area contributed by atoms with Gasteiger partial charge in [-0.2, -0.15) is 13.2 Å². The fraction of sp³-hybridized carbons (Fsp3) is 0.400. The van der Waals surface area contributed by atoms with E-state index < -0.39 is 33.1 Å². The lowest BCUT2D eigenvalue weighted by molar-refractivity contribution is -0.385. The van der Waals surface area contributed by atoms with Gasteiger partial charge in [-0.15, -0.1) is 11.8 Å². The summed E-state index contributed by atoms with van der Waals surface area (Å²) in [6.07, 6.45) is -4.25. The Morgan fingerprint density at radius 3 is 2.44 bits per heavy atom. The quantitative estimate of drug-likeness (QED) is 0.359. The number of alkyl halides is 3. The Labute approximate surface area is 104 Å². The van der Waals surface area contributed by atoms with Crippen molar-refractivity contribution in [1.82, 2.24) is 0 Å². The van der Waals surface area contributed by atoms with Crippen LogP contribution in [-0.2, 0) is 6.18 Å². The predicted molar refractivity (Wildman–Crippen MR) is 59.1 cm³/mol. The second-order valence-electron chi connectivity index (χ2n) is 3.41. The molecular formula is C10H9F4NO2S. The monoisotopic (exact) mass is 283 g/mol. The predicted octanol–water partition coefficient (Wildman–Crippen LogP) is 4.25. The van der Waals surface area contributed by atoms with Crippen molar-refractivity contribution in [2.24, 2.45) is 0 Å². The first-order valence-corrected chi connectivity index (χ1v) is 5.93. The van der Waals surface area contributed by atoms with Crippen LogP contribution >= 0.6 is 11.8 Å². The Morgan fingerprint density at radius 1 is 1.39 bits per heavy atom. The molecule has 0 saturated carbocycles. The van der Waals surface area contributed by atoms with Crippen LogP contribution in [0.3, 0.4) is 0 Å². The number of non-ortho nitro benzene ring substituents is 1. The molecule has 1 aromatic carbocycles. The summed E-state index contributed by atoms with van der Waals surface area (Å²) in [4.78, 5) is 8.79. The summed E-state index contributed by atoms with van der Waals surface area (Å²) < 4.78 is 51.6. The summed E-state index contributed by atoms with van der Waals surface area (Å²) in [5.41, 5.74) is -2.20. The van der Waals surface area contributed by atoms with Crippen LogP contribution in [0.4, 0.5) is 23.2 Å². The highest BCUT2D eigenvalue weighted by molar-refractivity contribution is 7.99. The second-order valence-corrected chi connectivity index (χ2v) is 4.51. The van der Waals surface area contributed by atoms with Gasteiger partial charge in [-0.25, -0.2) is 4.39 Å². The van der Waals surface area contributed by atoms with Gasteiger partial charge in [-0.05, 0) is 12.2 Å². The first-order chi connectivity index (χ1) is 8.27. The van der Waals surface area contributed by atoms with Crippen LogP contribution in [0.5, 0.6) is 0 Å². The number of hydrogen-bond acceptors (Lipinski definition) is 3. The molecular weight excluding hydrogens is 274 g/mol. The van der Waals surface area contributed by atoms with Gasteiger partial charge in [0.2, 0.25) is 0 Å². The molecule has 0 atom stereocenters. The summed E-state index contributed by atoms with van der Waals surface area (Å²) in [7, 11) is 0. The van der Waals surface area contributed by atoms with Crippen LogP contribution in [0.2, 0.25) is 0 Å². The number of nitro groups is 1. The van der Waals surface area contributed by atoms with Crippen molar-refractivity contribution in [2.45, 2.75) is 24.4 Å². The third-order valence-electron chi connectivity index (χ3n) is 2.00. The number of benzene rings is 1. The van der Waals surface area contributed by atoms with Crippen molar-refractivity contribution in [3.8, 4) is 0 Å². The lowest BCUT2D eigenvalue weighted by Crippen LogP contribution is -2.09. The zero-order valence-corrected chi connectivity index (χ0v) is 10.1. The normalized spacial score (nSPS) is 11.6. The van der Waals surface area contributed by atoms with E-state index in [0.717, 1.165) is 0 Å². The molecule has 0 aliphatic carbocycles. The fourth-order valence-electron chi connectivity index (χ4n) is 1.25. The van der Waals surface area contributed by atoms with E-state index in [-0.39, 0.29) is 0 Å². The molecule has 0 bridgehead atoms. The third kappa shape index (κ3) is 3.34. The molecule has 18 heavy (non-hydrogen) atoms. The molecule has 0 unspecified atom stereocenters. The van der Waals surface area contributed by atoms with Crippen molar-refractivity contribution in [3.63, 3.8) is 0 Å². The summed E-state index contributed by atoms with van der Waals surface area (Å²) in [6, 6.07) is 0.869. The molecule has 0 amide bonds. The number of halogens is 4. The average Bonchev–Trinajstić information content (AvgIpc) is 2.25. The largest absolute Gasteiger partial charge is 0.417 e. The molecule has 0 aliphatic rings. The minimum Gasteiger partial charge on any atom is -0.258 e. The van der Waals surface area contributed by atoms with E-state index in [1.807, 2.05) is 0 Å². The summed E-state index contributed by atoms with van der Waals surface area (Å²) >= 11 is 0.703. The van der Waals surface area contributed by atoms with E-state index in [9.17, 15) is 27.7 Å². The molecule has 3 nitrogen and oxygen atoms in total. The second kappa shape index (κ2) is 5.55. The Bertz CT molecular complexity index is 462. The highest BCUT2D eigenvalue weighted by atomic mass is 32.2. The smallest absolute Gasteiger partial charge is 0.258 e. The molecule has 0 aliphatic heterocycles. The van der Waals surface area contributed by atoms with Gasteiger partial charge in [0.15, 0.2) is 0 Å². The van der Waals surface area contributed by atoms with E-state index in [1.54, 1.807) is 6.92 Å². The molecule has 0 radical (unpaired) electrons. The Morgan fingerprint density at radius 2 is 2.00 bits per heavy atom. The van der Waals surface area contributed by atoms with Crippen LogP contribution in [0, 0.1) is 15.9 Å². The van der Waals surface area contributed by atoms with E-state index >= 15 is 0 Å². The highest BCUT2D eigenvalue weighted by Gasteiger charge is 2.37. The van der Waals surface area contributed by atoms with Crippen LogP contribution < -0.4 is 0 Å². The average molecular weight is 283 g/mol. The van der Waals surface area contributed by atoms with Crippen LogP contribution in [0.1, 0.15) is 18.9 Å². The van der Waals surface area contributed by atoms with Crippen molar-refractivity contribution >= 4 is 17.4 Å². The molecule has 1 aromatic rings. The first-order valence-electron chi connectivity index (χ1n) is 4.95. The number of thioether (sulfide) groups is 1. The molecule has 0 aromatic heterocycles. The van der Waals surface area contributed by atoms with E-state index in [4.69, 9.17) is 0 Å². The first kappa shape index (κ1) is 14.7. The molecule has 0 saturated heterocycles. The maximum Gasteiger partial charge on any atom is 0.417 e. The topological polar surface area (TPSA) is 43.1 Å². The molecule has 1 rings (SSSR count). The van der Waals surface area contributed by atoms with Crippen LogP contribution in [0.15, 0.2) is 17.0 Å². The standard InChI is InChI=1S/C10H9F4NO2S/c1-2-3-18-9-7(10(12,13)14)4-6(15(16)17)5-8(9)11/h4-5H,2-3H2,1H3. The van der Waals surface area contributed by atoms with Crippen molar-refractivity contribution < 1.29 is 22.5 Å². The lowest BCUT2D eigenvalue weighted by Gasteiger charge is -2.12. The maximum absolute atomic E-state index is 13.5. The highest BCUT2D eigenvalue weighted by Crippen LogP contribution is 2.40.